The fraction of sp³-hybridized carbons (Fsp3) is 0.200. The van der Waals surface area contributed by atoms with Gasteiger partial charge in [-0.1, -0.05) is 36.4 Å². The van der Waals surface area contributed by atoms with Gasteiger partial charge in [0.25, 0.3) is 0 Å². The molecule has 0 aliphatic heterocycles. The second-order valence-corrected chi connectivity index (χ2v) is 4.53. The number of benzene rings is 2. The maximum atomic E-state index is 13.9. The summed E-state index contributed by atoms with van der Waals surface area (Å²) in [6.45, 7) is 0.679. The van der Waals surface area contributed by atoms with E-state index in [0.29, 0.717) is 18.1 Å². The zero-order valence-electron chi connectivity index (χ0n) is 10.2. The maximum Gasteiger partial charge on any atom is 0.146 e. The lowest BCUT2D eigenvalue weighted by Crippen LogP contribution is -2.17. The van der Waals surface area contributed by atoms with Crippen molar-refractivity contribution in [1.29, 1.82) is 0 Å². The van der Waals surface area contributed by atoms with E-state index in [4.69, 9.17) is 11.6 Å². The molecule has 0 spiro atoms. The molecule has 2 aromatic rings. The van der Waals surface area contributed by atoms with Crippen LogP contribution in [-0.4, -0.2) is 7.05 Å². The van der Waals surface area contributed by atoms with Crippen LogP contribution in [0.3, 0.4) is 0 Å². The zero-order chi connectivity index (χ0) is 13.0. The molecule has 94 valence electrons. The van der Waals surface area contributed by atoms with Gasteiger partial charge in [-0.25, -0.2) is 4.39 Å². The van der Waals surface area contributed by atoms with E-state index < -0.39 is 0 Å². The molecule has 1 nitrogen and oxygen atoms in total. The minimum absolute atomic E-state index is 0.230. The molecule has 0 N–H and O–H groups in total. The Hall–Kier alpha value is -1.54. The first-order chi connectivity index (χ1) is 8.70. The predicted octanol–water partition coefficient (Wildman–Crippen LogP) is 4.20. The summed E-state index contributed by atoms with van der Waals surface area (Å²) < 4.78 is 13.9. The Morgan fingerprint density at radius 3 is 2.39 bits per heavy atom. The van der Waals surface area contributed by atoms with Crippen LogP contribution in [0.1, 0.15) is 11.1 Å². The fourth-order valence-electron chi connectivity index (χ4n) is 1.89. The average molecular weight is 264 g/mol. The van der Waals surface area contributed by atoms with E-state index in [9.17, 15) is 4.39 Å². The van der Waals surface area contributed by atoms with Gasteiger partial charge in [0, 0.05) is 19.5 Å². The first-order valence-electron chi connectivity index (χ1n) is 5.80. The average Bonchev–Trinajstić information content (AvgIpc) is 2.39. The lowest BCUT2D eigenvalue weighted by Gasteiger charge is -2.20. The highest BCUT2D eigenvalue weighted by atomic mass is 35.5. The van der Waals surface area contributed by atoms with E-state index in [0.717, 1.165) is 11.1 Å². The van der Waals surface area contributed by atoms with Gasteiger partial charge in [-0.3, -0.25) is 0 Å². The first kappa shape index (κ1) is 12.9. The molecule has 0 heterocycles. The maximum absolute atomic E-state index is 13.9. The molecule has 2 aromatic carbocycles. The van der Waals surface area contributed by atoms with E-state index in [1.165, 1.54) is 6.07 Å². The number of anilines is 1. The first-order valence-corrected chi connectivity index (χ1v) is 6.33. The molecule has 0 aromatic heterocycles. The van der Waals surface area contributed by atoms with Crippen molar-refractivity contribution in [2.45, 2.75) is 12.4 Å². The Balaban J connectivity index is 2.16. The van der Waals surface area contributed by atoms with Gasteiger partial charge in [-0.05, 0) is 23.3 Å². The van der Waals surface area contributed by atoms with Crippen molar-refractivity contribution >= 4 is 17.3 Å². The van der Waals surface area contributed by atoms with Crippen LogP contribution >= 0.6 is 11.6 Å². The Kier molecular flexibility index (Phi) is 4.21. The topological polar surface area (TPSA) is 3.24 Å². The lowest BCUT2D eigenvalue weighted by atomic mass is 10.1. The summed E-state index contributed by atoms with van der Waals surface area (Å²) in [4.78, 5) is 1.89. The summed E-state index contributed by atoms with van der Waals surface area (Å²) in [7, 11) is 1.88. The predicted molar refractivity (Wildman–Crippen MR) is 74.5 cm³/mol. The van der Waals surface area contributed by atoms with Gasteiger partial charge in [-0.15, -0.1) is 11.6 Å². The van der Waals surface area contributed by atoms with Crippen LogP contribution in [0, 0.1) is 5.82 Å². The highest BCUT2D eigenvalue weighted by molar-refractivity contribution is 6.17. The van der Waals surface area contributed by atoms with Crippen LogP contribution in [0.15, 0.2) is 48.5 Å². The highest BCUT2D eigenvalue weighted by Gasteiger charge is 2.08. The summed E-state index contributed by atoms with van der Waals surface area (Å²) >= 11 is 5.68. The van der Waals surface area contributed by atoms with Crippen LogP contribution in [0.25, 0.3) is 0 Å². The number of hydrogen-bond acceptors (Lipinski definition) is 1. The summed E-state index contributed by atoms with van der Waals surface area (Å²) in [6, 6.07) is 15.1. The highest BCUT2D eigenvalue weighted by Crippen LogP contribution is 2.21. The molecular weight excluding hydrogens is 249 g/mol. The van der Waals surface area contributed by atoms with Crippen LogP contribution in [0.2, 0.25) is 0 Å². The van der Waals surface area contributed by atoms with Crippen LogP contribution < -0.4 is 4.90 Å². The molecule has 0 aliphatic carbocycles. The van der Waals surface area contributed by atoms with Crippen molar-refractivity contribution in [1.82, 2.24) is 0 Å². The van der Waals surface area contributed by atoms with Gasteiger partial charge in [-0.2, -0.15) is 0 Å². The molecule has 18 heavy (non-hydrogen) atoms. The molecule has 0 atom stereocenters. The van der Waals surface area contributed by atoms with Gasteiger partial charge < -0.3 is 4.90 Å². The zero-order valence-corrected chi connectivity index (χ0v) is 11.0. The molecule has 2 rings (SSSR count). The molecule has 0 saturated carbocycles. The summed E-state index contributed by atoms with van der Waals surface area (Å²) in [5, 5.41) is 0. The third kappa shape index (κ3) is 3.02. The number of rotatable bonds is 4. The monoisotopic (exact) mass is 263 g/mol. The molecule has 0 amide bonds. The number of alkyl halides is 1. The van der Waals surface area contributed by atoms with Crippen LogP contribution in [0.4, 0.5) is 10.1 Å². The molecule has 0 bridgehead atoms. The summed E-state index contributed by atoms with van der Waals surface area (Å²) in [5.41, 5.74) is 2.54. The van der Waals surface area contributed by atoms with Crippen molar-refractivity contribution in [2.24, 2.45) is 0 Å². The SMILES string of the molecule is CN(Cc1ccccc1)c1ccc(CCl)cc1F. The van der Waals surface area contributed by atoms with Crippen molar-refractivity contribution < 1.29 is 4.39 Å². The van der Waals surface area contributed by atoms with Gasteiger partial charge in [0.15, 0.2) is 0 Å². The quantitative estimate of drug-likeness (QED) is 0.748. The Labute approximate surface area is 112 Å². The largest absolute Gasteiger partial charge is 0.368 e. The van der Waals surface area contributed by atoms with E-state index in [2.05, 4.69) is 0 Å². The van der Waals surface area contributed by atoms with Crippen molar-refractivity contribution in [3.05, 3.63) is 65.5 Å². The molecule has 0 fully saturated rings. The molecule has 0 radical (unpaired) electrons. The fourth-order valence-corrected chi connectivity index (χ4v) is 2.05. The van der Waals surface area contributed by atoms with E-state index in [1.807, 2.05) is 48.3 Å². The normalized spacial score (nSPS) is 10.4. The van der Waals surface area contributed by atoms with Crippen molar-refractivity contribution in [2.75, 3.05) is 11.9 Å². The number of hydrogen-bond donors (Lipinski definition) is 0. The number of halogens is 2. The Bertz CT molecular complexity index is 513. The van der Waals surface area contributed by atoms with Gasteiger partial charge in [0.05, 0.1) is 5.69 Å². The number of nitrogens with zero attached hydrogens (tertiary/aromatic N) is 1. The van der Waals surface area contributed by atoms with Gasteiger partial charge >= 0.3 is 0 Å². The Morgan fingerprint density at radius 2 is 1.78 bits per heavy atom. The molecule has 0 aliphatic rings. The molecule has 0 saturated heterocycles. The third-order valence-electron chi connectivity index (χ3n) is 2.84. The lowest BCUT2D eigenvalue weighted by molar-refractivity contribution is 0.621. The van der Waals surface area contributed by atoms with E-state index in [1.54, 1.807) is 6.07 Å². The summed E-state index contributed by atoms with van der Waals surface area (Å²) in [5.74, 6) is 0.103. The van der Waals surface area contributed by atoms with Crippen LogP contribution in [-0.2, 0) is 12.4 Å². The van der Waals surface area contributed by atoms with Gasteiger partial charge in [0.2, 0.25) is 0 Å². The second-order valence-electron chi connectivity index (χ2n) is 4.26. The molecular formula is C15H15ClFN. The second kappa shape index (κ2) is 5.87. The molecule has 0 unspecified atom stereocenters. The standard InChI is InChI=1S/C15H15ClFN/c1-18(11-12-5-3-2-4-6-12)15-8-7-13(10-16)9-14(15)17/h2-9H,10-11H2,1H3. The Morgan fingerprint density at radius 1 is 1.06 bits per heavy atom. The van der Waals surface area contributed by atoms with Crippen LogP contribution in [0.5, 0.6) is 0 Å². The third-order valence-corrected chi connectivity index (χ3v) is 3.15. The minimum atomic E-state index is -0.230. The van der Waals surface area contributed by atoms with E-state index in [-0.39, 0.29) is 5.82 Å². The van der Waals surface area contributed by atoms with E-state index >= 15 is 0 Å². The smallest absolute Gasteiger partial charge is 0.146 e. The van der Waals surface area contributed by atoms with Crippen molar-refractivity contribution in [3.63, 3.8) is 0 Å². The van der Waals surface area contributed by atoms with Crippen molar-refractivity contribution in [3.8, 4) is 0 Å². The minimum Gasteiger partial charge on any atom is -0.368 e. The molecule has 3 heteroatoms. The van der Waals surface area contributed by atoms with Gasteiger partial charge in [0.1, 0.15) is 5.82 Å². The summed E-state index contributed by atoms with van der Waals surface area (Å²) in [6.07, 6.45) is 0.